The Hall–Kier alpha value is -1.11. The van der Waals surface area contributed by atoms with Crippen LogP contribution in [0.5, 0.6) is 0 Å². The molecular formula is C22H31F. The second-order valence-corrected chi connectivity index (χ2v) is 7.82. The highest BCUT2D eigenvalue weighted by atomic mass is 19.1. The van der Waals surface area contributed by atoms with E-state index in [0.29, 0.717) is 5.92 Å². The lowest BCUT2D eigenvalue weighted by atomic mass is 9.68. The fourth-order valence-electron chi connectivity index (χ4n) is 4.93. The van der Waals surface area contributed by atoms with Gasteiger partial charge in [-0.05, 0) is 106 Å². The summed E-state index contributed by atoms with van der Waals surface area (Å²) < 4.78 is 13.5. The Morgan fingerprint density at radius 2 is 1.52 bits per heavy atom. The monoisotopic (exact) mass is 314 g/mol. The minimum Gasteiger partial charge on any atom is -0.207 e. The van der Waals surface area contributed by atoms with Crippen LogP contribution in [0.3, 0.4) is 0 Å². The highest BCUT2D eigenvalue weighted by molar-refractivity contribution is 5.27. The third-order valence-electron chi connectivity index (χ3n) is 6.37. The fourth-order valence-corrected chi connectivity index (χ4v) is 4.93. The number of hydrogen-bond donors (Lipinski definition) is 0. The SMILES string of the molecule is C/C=C/C1CCC(C2CCC(c3ccc(F)c(C)c3)CC2)CC1. The van der Waals surface area contributed by atoms with E-state index in [1.54, 1.807) is 6.07 Å². The van der Waals surface area contributed by atoms with Gasteiger partial charge < -0.3 is 0 Å². The first-order chi connectivity index (χ1) is 11.2. The standard InChI is InChI=1S/C22H31F/c1-3-4-17-5-7-18(8-6-17)19-9-11-20(12-10-19)21-13-14-22(23)16(2)15-21/h3-4,13-15,17-20H,5-12H2,1-2H3/b4-3+. The average Bonchev–Trinajstić information content (AvgIpc) is 2.59. The molecule has 0 bridgehead atoms. The van der Waals surface area contributed by atoms with Gasteiger partial charge in [0, 0.05) is 0 Å². The van der Waals surface area contributed by atoms with Gasteiger partial charge in [-0.1, -0.05) is 24.3 Å². The number of rotatable bonds is 3. The van der Waals surface area contributed by atoms with Crippen LogP contribution in [0, 0.1) is 30.5 Å². The lowest BCUT2D eigenvalue weighted by Crippen LogP contribution is -2.25. The molecule has 23 heavy (non-hydrogen) atoms. The van der Waals surface area contributed by atoms with Crippen molar-refractivity contribution in [2.75, 3.05) is 0 Å². The average molecular weight is 314 g/mol. The number of halogens is 1. The topological polar surface area (TPSA) is 0 Å². The molecule has 2 aliphatic rings. The van der Waals surface area contributed by atoms with Crippen molar-refractivity contribution >= 4 is 0 Å². The van der Waals surface area contributed by atoms with Crippen LogP contribution < -0.4 is 0 Å². The maximum absolute atomic E-state index is 13.5. The van der Waals surface area contributed by atoms with Gasteiger partial charge in [0.2, 0.25) is 0 Å². The molecule has 3 rings (SSSR count). The first kappa shape index (κ1) is 16.7. The van der Waals surface area contributed by atoms with Gasteiger partial charge in [-0.15, -0.1) is 0 Å². The molecule has 0 amide bonds. The zero-order valence-electron chi connectivity index (χ0n) is 14.7. The van der Waals surface area contributed by atoms with Gasteiger partial charge in [0.25, 0.3) is 0 Å². The Morgan fingerprint density at radius 3 is 2.09 bits per heavy atom. The third-order valence-corrected chi connectivity index (χ3v) is 6.37. The Bertz CT molecular complexity index is 529. The van der Waals surface area contributed by atoms with Crippen molar-refractivity contribution in [3.05, 3.63) is 47.3 Å². The number of hydrogen-bond acceptors (Lipinski definition) is 0. The van der Waals surface area contributed by atoms with E-state index in [2.05, 4.69) is 25.1 Å². The second-order valence-electron chi connectivity index (χ2n) is 7.82. The first-order valence-corrected chi connectivity index (χ1v) is 9.56. The van der Waals surface area contributed by atoms with E-state index in [1.807, 2.05) is 13.0 Å². The fraction of sp³-hybridized carbons (Fsp3) is 0.636. The smallest absolute Gasteiger partial charge is 0.126 e. The molecule has 0 aliphatic heterocycles. The molecule has 0 saturated heterocycles. The van der Waals surface area contributed by atoms with Crippen LogP contribution in [0.2, 0.25) is 0 Å². The van der Waals surface area contributed by atoms with Crippen molar-refractivity contribution < 1.29 is 4.39 Å². The van der Waals surface area contributed by atoms with Crippen LogP contribution in [0.25, 0.3) is 0 Å². The molecule has 2 fully saturated rings. The third kappa shape index (κ3) is 4.05. The molecule has 2 saturated carbocycles. The first-order valence-electron chi connectivity index (χ1n) is 9.56. The summed E-state index contributed by atoms with van der Waals surface area (Å²) in [6.07, 6.45) is 15.6. The number of benzene rings is 1. The molecular weight excluding hydrogens is 283 g/mol. The summed E-state index contributed by atoms with van der Waals surface area (Å²) in [6.45, 7) is 4.03. The molecule has 0 heterocycles. The summed E-state index contributed by atoms with van der Waals surface area (Å²) in [4.78, 5) is 0. The van der Waals surface area contributed by atoms with Crippen LogP contribution in [0.1, 0.15) is 75.3 Å². The van der Waals surface area contributed by atoms with Gasteiger partial charge in [0.15, 0.2) is 0 Å². The highest BCUT2D eigenvalue weighted by Crippen LogP contribution is 2.44. The molecule has 126 valence electrons. The summed E-state index contributed by atoms with van der Waals surface area (Å²) in [7, 11) is 0. The lowest BCUT2D eigenvalue weighted by Gasteiger charge is -2.37. The van der Waals surface area contributed by atoms with Crippen LogP contribution in [-0.4, -0.2) is 0 Å². The minimum absolute atomic E-state index is 0.0691. The molecule has 0 N–H and O–H groups in total. The van der Waals surface area contributed by atoms with E-state index >= 15 is 0 Å². The van der Waals surface area contributed by atoms with Gasteiger partial charge in [0.1, 0.15) is 5.82 Å². The van der Waals surface area contributed by atoms with E-state index in [0.717, 1.165) is 23.3 Å². The summed E-state index contributed by atoms with van der Waals surface area (Å²) in [6, 6.07) is 5.73. The molecule has 0 nitrogen and oxygen atoms in total. The van der Waals surface area contributed by atoms with Crippen molar-refractivity contribution in [2.45, 2.75) is 71.1 Å². The summed E-state index contributed by atoms with van der Waals surface area (Å²) in [5.74, 6) is 3.34. The van der Waals surface area contributed by atoms with Crippen molar-refractivity contribution in [3.8, 4) is 0 Å². The Balaban J connectivity index is 1.51. The van der Waals surface area contributed by atoms with Gasteiger partial charge in [0.05, 0.1) is 0 Å². The van der Waals surface area contributed by atoms with Crippen LogP contribution in [-0.2, 0) is 0 Å². The van der Waals surface area contributed by atoms with Crippen molar-refractivity contribution in [1.29, 1.82) is 0 Å². The maximum Gasteiger partial charge on any atom is 0.126 e. The zero-order valence-corrected chi connectivity index (χ0v) is 14.7. The molecule has 1 aromatic rings. The van der Waals surface area contributed by atoms with Gasteiger partial charge in [-0.2, -0.15) is 0 Å². The lowest BCUT2D eigenvalue weighted by molar-refractivity contribution is 0.171. The van der Waals surface area contributed by atoms with Crippen LogP contribution in [0.4, 0.5) is 4.39 Å². The molecule has 0 unspecified atom stereocenters. The normalized spacial score (nSPS) is 32.3. The van der Waals surface area contributed by atoms with E-state index in [1.165, 1.54) is 56.9 Å². The van der Waals surface area contributed by atoms with E-state index in [4.69, 9.17) is 0 Å². The van der Waals surface area contributed by atoms with Crippen LogP contribution in [0.15, 0.2) is 30.4 Å². The zero-order chi connectivity index (χ0) is 16.2. The Kier molecular flexibility index (Phi) is 5.56. The quantitative estimate of drug-likeness (QED) is 0.539. The second kappa shape index (κ2) is 7.64. The van der Waals surface area contributed by atoms with Crippen LogP contribution >= 0.6 is 0 Å². The highest BCUT2D eigenvalue weighted by Gasteiger charge is 2.30. The maximum atomic E-state index is 13.5. The molecule has 0 atom stereocenters. The molecule has 0 spiro atoms. The summed E-state index contributed by atoms with van der Waals surface area (Å²) in [5, 5.41) is 0. The van der Waals surface area contributed by atoms with E-state index in [9.17, 15) is 4.39 Å². The summed E-state index contributed by atoms with van der Waals surface area (Å²) >= 11 is 0. The van der Waals surface area contributed by atoms with Gasteiger partial charge in [-0.25, -0.2) is 4.39 Å². The number of aryl methyl sites for hydroxylation is 1. The molecule has 2 aliphatic carbocycles. The minimum atomic E-state index is -0.0691. The predicted octanol–water partition coefficient (Wildman–Crippen LogP) is 6.79. The number of allylic oxidation sites excluding steroid dienone is 2. The van der Waals surface area contributed by atoms with Crippen molar-refractivity contribution in [1.82, 2.24) is 0 Å². The summed E-state index contributed by atoms with van der Waals surface area (Å²) in [5.41, 5.74) is 2.16. The van der Waals surface area contributed by atoms with Gasteiger partial charge >= 0.3 is 0 Å². The van der Waals surface area contributed by atoms with Crippen molar-refractivity contribution in [3.63, 3.8) is 0 Å². The molecule has 0 aromatic heterocycles. The predicted molar refractivity (Wildman–Crippen MR) is 96.1 cm³/mol. The van der Waals surface area contributed by atoms with E-state index in [-0.39, 0.29) is 5.82 Å². The largest absolute Gasteiger partial charge is 0.207 e. The van der Waals surface area contributed by atoms with Gasteiger partial charge in [-0.3, -0.25) is 0 Å². The molecule has 0 radical (unpaired) electrons. The molecule has 1 aromatic carbocycles. The van der Waals surface area contributed by atoms with Crippen molar-refractivity contribution in [2.24, 2.45) is 17.8 Å². The Labute approximate surface area is 141 Å². The molecule has 1 heteroatoms. The van der Waals surface area contributed by atoms with E-state index < -0.39 is 0 Å². The Morgan fingerprint density at radius 1 is 0.913 bits per heavy atom.